The Balaban J connectivity index is 0.00000196. The van der Waals surface area contributed by atoms with Gasteiger partial charge in [-0.25, -0.2) is 4.98 Å². The number of aromatic nitrogens is 1. The SMILES string of the molecule is CCc1cnc(CNC(=O)CNC)s1.Cl. The van der Waals surface area contributed by atoms with Crippen molar-refractivity contribution in [1.82, 2.24) is 15.6 Å². The molecule has 0 aliphatic heterocycles. The van der Waals surface area contributed by atoms with E-state index in [1.54, 1.807) is 18.4 Å². The van der Waals surface area contributed by atoms with E-state index in [2.05, 4.69) is 22.5 Å². The smallest absolute Gasteiger partial charge is 0.234 e. The average Bonchev–Trinajstić information content (AvgIpc) is 2.63. The van der Waals surface area contributed by atoms with Crippen LogP contribution < -0.4 is 10.6 Å². The van der Waals surface area contributed by atoms with Crippen molar-refractivity contribution >= 4 is 29.7 Å². The number of nitrogens with one attached hydrogen (secondary N) is 2. The summed E-state index contributed by atoms with van der Waals surface area (Å²) in [6.45, 7) is 2.98. The molecule has 0 saturated carbocycles. The van der Waals surface area contributed by atoms with Crippen LogP contribution in [-0.4, -0.2) is 24.5 Å². The highest BCUT2D eigenvalue weighted by Crippen LogP contribution is 2.12. The number of halogens is 1. The average molecular weight is 250 g/mol. The molecule has 1 aromatic rings. The standard InChI is InChI=1S/C9H15N3OS.ClH/c1-3-7-4-12-9(14-7)6-11-8(13)5-10-2;/h4,10H,3,5-6H2,1-2H3,(H,11,13);1H. The van der Waals surface area contributed by atoms with Crippen molar-refractivity contribution in [3.05, 3.63) is 16.1 Å². The lowest BCUT2D eigenvalue weighted by Gasteiger charge is -2.00. The summed E-state index contributed by atoms with van der Waals surface area (Å²) in [5.74, 6) is 0.000693. The van der Waals surface area contributed by atoms with Crippen molar-refractivity contribution in [2.45, 2.75) is 19.9 Å². The predicted molar refractivity (Wildman–Crippen MR) is 64.5 cm³/mol. The molecule has 1 heterocycles. The Hall–Kier alpha value is -0.650. The van der Waals surface area contributed by atoms with Crippen molar-refractivity contribution in [1.29, 1.82) is 0 Å². The summed E-state index contributed by atoms with van der Waals surface area (Å²) in [6, 6.07) is 0. The molecule has 0 bridgehead atoms. The Morgan fingerprint density at radius 3 is 2.87 bits per heavy atom. The van der Waals surface area contributed by atoms with Crippen LogP contribution in [0.25, 0.3) is 0 Å². The largest absolute Gasteiger partial charge is 0.348 e. The number of likely N-dealkylation sites (N-methyl/N-ethyl adjacent to an activating group) is 1. The maximum Gasteiger partial charge on any atom is 0.234 e. The topological polar surface area (TPSA) is 54.0 Å². The van der Waals surface area contributed by atoms with Crippen molar-refractivity contribution < 1.29 is 4.79 Å². The van der Waals surface area contributed by atoms with E-state index >= 15 is 0 Å². The Labute approximate surface area is 99.9 Å². The molecule has 0 fully saturated rings. The van der Waals surface area contributed by atoms with Crippen LogP contribution in [0.1, 0.15) is 16.8 Å². The lowest BCUT2D eigenvalue weighted by molar-refractivity contribution is -0.120. The van der Waals surface area contributed by atoms with Crippen LogP contribution in [0, 0.1) is 0 Å². The van der Waals surface area contributed by atoms with E-state index < -0.39 is 0 Å². The molecule has 1 amide bonds. The molecular formula is C9H16ClN3OS. The van der Waals surface area contributed by atoms with E-state index in [-0.39, 0.29) is 18.3 Å². The molecule has 0 aromatic carbocycles. The van der Waals surface area contributed by atoms with Crippen LogP contribution >= 0.6 is 23.7 Å². The van der Waals surface area contributed by atoms with Gasteiger partial charge in [0.2, 0.25) is 5.91 Å². The molecule has 0 spiro atoms. The van der Waals surface area contributed by atoms with Crippen LogP contribution in [0.3, 0.4) is 0 Å². The highest BCUT2D eigenvalue weighted by atomic mass is 35.5. The zero-order valence-electron chi connectivity index (χ0n) is 8.87. The molecule has 0 aliphatic rings. The Kier molecular flexibility index (Phi) is 7.29. The summed E-state index contributed by atoms with van der Waals surface area (Å²) in [5, 5.41) is 6.54. The van der Waals surface area contributed by atoms with E-state index in [0.717, 1.165) is 11.4 Å². The summed E-state index contributed by atoms with van der Waals surface area (Å²) < 4.78 is 0. The fourth-order valence-corrected chi connectivity index (χ4v) is 1.79. The molecule has 0 atom stereocenters. The van der Waals surface area contributed by atoms with Gasteiger partial charge in [0.1, 0.15) is 5.01 Å². The zero-order chi connectivity index (χ0) is 10.4. The van der Waals surface area contributed by atoms with Gasteiger partial charge in [-0.1, -0.05) is 6.92 Å². The molecule has 1 rings (SSSR count). The first-order chi connectivity index (χ1) is 6.76. The third-order valence-electron chi connectivity index (χ3n) is 1.72. The van der Waals surface area contributed by atoms with Crippen LogP contribution in [0.5, 0.6) is 0 Å². The molecule has 0 saturated heterocycles. The molecule has 15 heavy (non-hydrogen) atoms. The third kappa shape index (κ3) is 5.11. The fourth-order valence-electron chi connectivity index (χ4n) is 0.990. The lowest BCUT2D eigenvalue weighted by atomic mass is 10.4. The van der Waals surface area contributed by atoms with Gasteiger partial charge in [0, 0.05) is 11.1 Å². The van der Waals surface area contributed by atoms with Crippen LogP contribution in [-0.2, 0) is 17.8 Å². The fraction of sp³-hybridized carbons (Fsp3) is 0.556. The van der Waals surface area contributed by atoms with Gasteiger partial charge in [0.25, 0.3) is 0 Å². The monoisotopic (exact) mass is 249 g/mol. The minimum absolute atomic E-state index is 0. The third-order valence-corrected chi connectivity index (χ3v) is 2.87. The summed E-state index contributed by atoms with van der Waals surface area (Å²) in [7, 11) is 1.75. The first-order valence-corrected chi connectivity index (χ1v) is 5.42. The van der Waals surface area contributed by atoms with Crippen molar-refractivity contribution in [3.63, 3.8) is 0 Å². The first-order valence-electron chi connectivity index (χ1n) is 4.61. The number of amides is 1. The van der Waals surface area contributed by atoms with E-state index in [4.69, 9.17) is 0 Å². The second-order valence-electron chi connectivity index (χ2n) is 2.88. The van der Waals surface area contributed by atoms with Crippen molar-refractivity contribution in [2.24, 2.45) is 0 Å². The Morgan fingerprint density at radius 2 is 2.33 bits per heavy atom. The normalized spacial score (nSPS) is 9.47. The second-order valence-corrected chi connectivity index (χ2v) is 4.08. The van der Waals surface area contributed by atoms with Crippen LogP contribution in [0.15, 0.2) is 6.20 Å². The quantitative estimate of drug-likeness (QED) is 0.818. The first kappa shape index (κ1) is 14.3. The molecule has 1 aromatic heterocycles. The minimum atomic E-state index is 0. The lowest BCUT2D eigenvalue weighted by Crippen LogP contribution is -2.31. The molecule has 6 heteroatoms. The molecule has 0 aliphatic carbocycles. The van der Waals surface area contributed by atoms with Gasteiger partial charge in [-0.3, -0.25) is 4.79 Å². The number of thiazole rings is 1. The predicted octanol–water partition coefficient (Wildman–Crippen LogP) is 0.963. The van der Waals surface area contributed by atoms with Gasteiger partial charge in [-0.2, -0.15) is 0 Å². The molecule has 86 valence electrons. The van der Waals surface area contributed by atoms with Gasteiger partial charge in [-0.05, 0) is 13.5 Å². The Bertz CT molecular complexity index is 303. The maximum absolute atomic E-state index is 11.1. The summed E-state index contributed by atoms with van der Waals surface area (Å²) in [4.78, 5) is 16.6. The van der Waals surface area contributed by atoms with Gasteiger partial charge >= 0.3 is 0 Å². The highest BCUT2D eigenvalue weighted by molar-refractivity contribution is 7.11. The van der Waals surface area contributed by atoms with Gasteiger partial charge in [0.15, 0.2) is 0 Å². The number of carbonyl (C=O) groups excluding carboxylic acids is 1. The summed E-state index contributed by atoms with van der Waals surface area (Å²) in [6.07, 6.45) is 2.87. The van der Waals surface area contributed by atoms with Crippen molar-refractivity contribution in [3.8, 4) is 0 Å². The number of aryl methyl sites for hydroxylation is 1. The number of hydrogen-bond acceptors (Lipinski definition) is 4. The van der Waals surface area contributed by atoms with Gasteiger partial charge in [0.05, 0.1) is 13.1 Å². The van der Waals surface area contributed by atoms with E-state index in [0.29, 0.717) is 13.1 Å². The van der Waals surface area contributed by atoms with Crippen LogP contribution in [0.2, 0.25) is 0 Å². The van der Waals surface area contributed by atoms with E-state index in [1.807, 2.05) is 6.20 Å². The molecule has 2 N–H and O–H groups in total. The maximum atomic E-state index is 11.1. The van der Waals surface area contributed by atoms with Crippen molar-refractivity contribution in [2.75, 3.05) is 13.6 Å². The number of hydrogen-bond donors (Lipinski definition) is 2. The molecule has 0 unspecified atom stereocenters. The minimum Gasteiger partial charge on any atom is -0.348 e. The van der Waals surface area contributed by atoms with Gasteiger partial charge in [-0.15, -0.1) is 23.7 Å². The molecule has 0 radical (unpaired) electrons. The van der Waals surface area contributed by atoms with E-state index in [9.17, 15) is 4.79 Å². The van der Waals surface area contributed by atoms with Crippen LogP contribution in [0.4, 0.5) is 0 Å². The van der Waals surface area contributed by atoms with Gasteiger partial charge < -0.3 is 10.6 Å². The second kappa shape index (κ2) is 7.62. The summed E-state index contributed by atoms with van der Waals surface area (Å²) in [5.41, 5.74) is 0. The molecular weight excluding hydrogens is 234 g/mol. The Morgan fingerprint density at radius 1 is 1.60 bits per heavy atom. The number of nitrogens with zero attached hydrogens (tertiary/aromatic N) is 1. The number of rotatable bonds is 5. The van der Waals surface area contributed by atoms with E-state index in [1.165, 1.54) is 4.88 Å². The zero-order valence-corrected chi connectivity index (χ0v) is 10.5. The summed E-state index contributed by atoms with van der Waals surface area (Å²) >= 11 is 1.65. The number of carbonyl (C=O) groups is 1. The highest BCUT2D eigenvalue weighted by Gasteiger charge is 2.02. The molecule has 4 nitrogen and oxygen atoms in total.